The Morgan fingerprint density at radius 3 is 3.05 bits per heavy atom. The topological polar surface area (TPSA) is 83.2 Å². The SMILES string of the molecule is COCc1cc(C)nc(N/N=C\c2cccnc2)c1C#N. The molecule has 0 bridgehead atoms. The van der Waals surface area contributed by atoms with Crippen LogP contribution in [0.2, 0.25) is 0 Å². The molecule has 2 rings (SSSR count). The maximum absolute atomic E-state index is 9.29. The van der Waals surface area contributed by atoms with Gasteiger partial charge in [0.25, 0.3) is 0 Å². The fourth-order valence-electron chi connectivity index (χ4n) is 1.84. The van der Waals surface area contributed by atoms with E-state index in [1.165, 1.54) is 0 Å². The molecule has 2 heterocycles. The molecule has 0 spiro atoms. The van der Waals surface area contributed by atoms with Gasteiger partial charge in [0.15, 0.2) is 5.82 Å². The number of hydrogen-bond donors (Lipinski definition) is 1. The predicted octanol–water partition coefficient (Wildman–Crippen LogP) is 2.25. The van der Waals surface area contributed by atoms with Gasteiger partial charge in [0.2, 0.25) is 0 Å². The molecule has 0 unspecified atom stereocenters. The Morgan fingerprint density at radius 1 is 1.52 bits per heavy atom. The molecule has 2 aromatic heterocycles. The van der Waals surface area contributed by atoms with Crippen molar-refractivity contribution in [3.8, 4) is 6.07 Å². The third-order valence-corrected chi connectivity index (χ3v) is 2.71. The second-order valence-electron chi connectivity index (χ2n) is 4.35. The number of nitrogens with one attached hydrogen (secondary N) is 1. The maximum atomic E-state index is 9.29. The lowest BCUT2D eigenvalue weighted by Gasteiger charge is -2.09. The second-order valence-corrected chi connectivity index (χ2v) is 4.35. The van der Waals surface area contributed by atoms with Crippen LogP contribution in [0.1, 0.15) is 22.4 Å². The molecule has 0 amide bonds. The van der Waals surface area contributed by atoms with Crippen LogP contribution in [0.25, 0.3) is 0 Å². The van der Waals surface area contributed by atoms with Gasteiger partial charge >= 0.3 is 0 Å². The molecule has 0 radical (unpaired) electrons. The van der Waals surface area contributed by atoms with Crippen LogP contribution in [0.15, 0.2) is 35.7 Å². The standard InChI is InChI=1S/C15H15N5O/c1-11-6-13(10-21-2)14(7-16)15(19-11)20-18-9-12-4-3-5-17-8-12/h3-6,8-9H,10H2,1-2H3,(H,19,20)/b18-9-. The summed E-state index contributed by atoms with van der Waals surface area (Å²) in [5.41, 5.74) is 5.67. The van der Waals surface area contributed by atoms with E-state index >= 15 is 0 Å². The third-order valence-electron chi connectivity index (χ3n) is 2.71. The fraction of sp³-hybridized carbons (Fsp3) is 0.200. The number of nitriles is 1. The van der Waals surface area contributed by atoms with E-state index in [1.54, 1.807) is 25.7 Å². The van der Waals surface area contributed by atoms with E-state index in [1.807, 2.05) is 25.1 Å². The lowest BCUT2D eigenvalue weighted by Crippen LogP contribution is -2.03. The zero-order valence-corrected chi connectivity index (χ0v) is 11.9. The number of pyridine rings is 2. The summed E-state index contributed by atoms with van der Waals surface area (Å²) in [6.45, 7) is 2.21. The highest BCUT2D eigenvalue weighted by Crippen LogP contribution is 2.19. The highest BCUT2D eigenvalue weighted by Gasteiger charge is 2.10. The summed E-state index contributed by atoms with van der Waals surface area (Å²) in [6.07, 6.45) is 5.00. The Morgan fingerprint density at radius 2 is 2.38 bits per heavy atom. The molecule has 6 nitrogen and oxygen atoms in total. The molecule has 0 fully saturated rings. The highest BCUT2D eigenvalue weighted by atomic mass is 16.5. The Hall–Kier alpha value is -2.78. The molecular formula is C15H15N5O. The summed E-state index contributed by atoms with van der Waals surface area (Å²) >= 11 is 0. The van der Waals surface area contributed by atoms with Crippen LogP contribution in [0.3, 0.4) is 0 Å². The number of anilines is 1. The predicted molar refractivity (Wildman–Crippen MR) is 79.9 cm³/mol. The molecule has 0 aliphatic carbocycles. The van der Waals surface area contributed by atoms with Crippen LogP contribution in [0.4, 0.5) is 5.82 Å². The fourth-order valence-corrected chi connectivity index (χ4v) is 1.84. The van der Waals surface area contributed by atoms with Crippen molar-refractivity contribution in [1.82, 2.24) is 9.97 Å². The Bertz CT molecular complexity index is 676. The summed E-state index contributed by atoms with van der Waals surface area (Å²) in [6, 6.07) is 7.67. The highest BCUT2D eigenvalue weighted by molar-refractivity contribution is 5.79. The number of hydrazone groups is 1. The largest absolute Gasteiger partial charge is 0.380 e. The molecule has 0 aliphatic heterocycles. The molecule has 2 aromatic rings. The Balaban J connectivity index is 2.23. The van der Waals surface area contributed by atoms with Gasteiger partial charge in [-0.3, -0.25) is 10.4 Å². The van der Waals surface area contributed by atoms with E-state index in [9.17, 15) is 5.26 Å². The van der Waals surface area contributed by atoms with Gasteiger partial charge in [-0.1, -0.05) is 6.07 Å². The van der Waals surface area contributed by atoms with Gasteiger partial charge in [-0.2, -0.15) is 10.4 Å². The average Bonchev–Trinajstić information content (AvgIpc) is 2.48. The van der Waals surface area contributed by atoms with Crippen molar-refractivity contribution in [2.75, 3.05) is 12.5 Å². The first-order valence-corrected chi connectivity index (χ1v) is 6.33. The summed E-state index contributed by atoms with van der Waals surface area (Å²) < 4.78 is 5.10. The number of methoxy groups -OCH3 is 1. The smallest absolute Gasteiger partial charge is 0.164 e. The van der Waals surface area contributed by atoms with Crippen LogP contribution in [0.5, 0.6) is 0 Å². The zero-order valence-electron chi connectivity index (χ0n) is 11.9. The molecule has 0 saturated heterocycles. The second kappa shape index (κ2) is 7.12. The monoisotopic (exact) mass is 281 g/mol. The van der Waals surface area contributed by atoms with Crippen molar-refractivity contribution < 1.29 is 4.74 Å². The lowest BCUT2D eigenvalue weighted by molar-refractivity contribution is 0.184. The van der Waals surface area contributed by atoms with Gasteiger partial charge in [-0.15, -0.1) is 0 Å². The van der Waals surface area contributed by atoms with Crippen molar-refractivity contribution >= 4 is 12.0 Å². The normalized spacial score (nSPS) is 10.5. The number of hydrogen-bond acceptors (Lipinski definition) is 6. The molecule has 0 aliphatic rings. The van der Waals surface area contributed by atoms with Crippen LogP contribution >= 0.6 is 0 Å². The minimum absolute atomic E-state index is 0.354. The van der Waals surface area contributed by atoms with Gasteiger partial charge in [-0.05, 0) is 19.1 Å². The van der Waals surface area contributed by atoms with E-state index in [-0.39, 0.29) is 0 Å². The Kier molecular flexibility index (Phi) is 4.96. The summed E-state index contributed by atoms with van der Waals surface area (Å²) in [5, 5.41) is 13.4. The number of aryl methyl sites for hydroxylation is 1. The van der Waals surface area contributed by atoms with E-state index in [0.717, 1.165) is 16.8 Å². The minimum atomic E-state index is 0.354. The van der Waals surface area contributed by atoms with E-state index < -0.39 is 0 Å². The molecule has 106 valence electrons. The van der Waals surface area contributed by atoms with E-state index in [0.29, 0.717) is 18.0 Å². The molecule has 0 aromatic carbocycles. The third kappa shape index (κ3) is 3.84. The van der Waals surface area contributed by atoms with E-state index in [4.69, 9.17) is 4.74 Å². The van der Waals surface area contributed by atoms with Crippen molar-refractivity contribution in [3.63, 3.8) is 0 Å². The molecule has 0 saturated carbocycles. The number of nitrogens with zero attached hydrogens (tertiary/aromatic N) is 4. The van der Waals surface area contributed by atoms with Crippen LogP contribution in [-0.2, 0) is 11.3 Å². The minimum Gasteiger partial charge on any atom is -0.380 e. The lowest BCUT2D eigenvalue weighted by atomic mass is 10.1. The van der Waals surface area contributed by atoms with Crippen LogP contribution in [-0.4, -0.2) is 23.3 Å². The number of ether oxygens (including phenoxy) is 1. The molecule has 21 heavy (non-hydrogen) atoms. The van der Waals surface area contributed by atoms with E-state index in [2.05, 4.69) is 26.6 Å². The molecule has 0 atom stereocenters. The number of aromatic nitrogens is 2. The average molecular weight is 281 g/mol. The number of rotatable bonds is 5. The zero-order chi connectivity index (χ0) is 15.1. The quantitative estimate of drug-likeness (QED) is 0.671. The first kappa shape index (κ1) is 14.6. The molecule has 6 heteroatoms. The van der Waals surface area contributed by atoms with Gasteiger partial charge in [-0.25, -0.2) is 4.98 Å². The first-order valence-electron chi connectivity index (χ1n) is 6.33. The summed E-state index contributed by atoms with van der Waals surface area (Å²) in [7, 11) is 1.59. The van der Waals surface area contributed by atoms with Crippen molar-refractivity contribution in [3.05, 3.63) is 53.0 Å². The van der Waals surface area contributed by atoms with Gasteiger partial charge in [0, 0.05) is 36.3 Å². The van der Waals surface area contributed by atoms with Gasteiger partial charge in [0.1, 0.15) is 11.6 Å². The van der Waals surface area contributed by atoms with Crippen LogP contribution in [0, 0.1) is 18.3 Å². The molecule has 1 N–H and O–H groups in total. The van der Waals surface area contributed by atoms with Gasteiger partial charge in [0.05, 0.1) is 12.8 Å². The Labute approximate surface area is 123 Å². The maximum Gasteiger partial charge on any atom is 0.164 e. The van der Waals surface area contributed by atoms with Crippen molar-refractivity contribution in [2.24, 2.45) is 5.10 Å². The first-order chi connectivity index (χ1) is 10.2. The summed E-state index contributed by atoms with van der Waals surface area (Å²) in [4.78, 5) is 8.29. The summed E-state index contributed by atoms with van der Waals surface area (Å²) in [5.74, 6) is 0.421. The van der Waals surface area contributed by atoms with Crippen LogP contribution < -0.4 is 5.43 Å². The van der Waals surface area contributed by atoms with Crippen molar-refractivity contribution in [1.29, 1.82) is 5.26 Å². The molecular weight excluding hydrogens is 266 g/mol. The van der Waals surface area contributed by atoms with Crippen molar-refractivity contribution in [2.45, 2.75) is 13.5 Å². The van der Waals surface area contributed by atoms with Gasteiger partial charge < -0.3 is 4.74 Å².